The van der Waals surface area contributed by atoms with E-state index in [1.54, 1.807) is 25.1 Å². The Bertz CT molecular complexity index is 586. The van der Waals surface area contributed by atoms with Gasteiger partial charge in [-0.05, 0) is 49.8 Å². The van der Waals surface area contributed by atoms with Crippen molar-refractivity contribution >= 4 is 23.5 Å². The highest BCUT2D eigenvalue weighted by atomic mass is 35.5. The molecule has 0 bridgehead atoms. The van der Waals surface area contributed by atoms with Crippen molar-refractivity contribution in [1.82, 2.24) is 5.32 Å². The van der Waals surface area contributed by atoms with Gasteiger partial charge in [0.1, 0.15) is 0 Å². The summed E-state index contributed by atoms with van der Waals surface area (Å²) >= 11 is 6.20. The van der Waals surface area contributed by atoms with E-state index >= 15 is 0 Å². The van der Waals surface area contributed by atoms with Crippen molar-refractivity contribution < 1.29 is 19.8 Å². The highest BCUT2D eigenvalue weighted by Crippen LogP contribution is 2.24. The summed E-state index contributed by atoms with van der Waals surface area (Å²) in [6.07, 6.45) is 2.72. The number of benzene rings is 1. The molecule has 23 heavy (non-hydrogen) atoms. The molecule has 0 heterocycles. The molecule has 0 spiro atoms. The fraction of sp³-hybridized carbons (Fsp3) is 0.529. The second-order valence-corrected chi connectivity index (χ2v) is 6.44. The number of carbonyl (C=O) groups excluding carboxylic acids is 1. The van der Waals surface area contributed by atoms with E-state index in [0.717, 1.165) is 19.3 Å². The number of amides is 1. The Labute approximate surface area is 140 Å². The number of carboxylic acid groups (broad SMARTS) is 1. The van der Waals surface area contributed by atoms with Crippen molar-refractivity contribution in [1.29, 1.82) is 0 Å². The van der Waals surface area contributed by atoms with Crippen molar-refractivity contribution in [3.8, 4) is 0 Å². The molecule has 1 aliphatic rings. The third-order valence-electron chi connectivity index (χ3n) is 4.40. The average Bonchev–Trinajstić information content (AvgIpc) is 2.48. The number of carbonyl (C=O) groups is 2. The number of carboxylic acids is 1. The van der Waals surface area contributed by atoms with Gasteiger partial charge in [0.25, 0.3) is 5.91 Å². The summed E-state index contributed by atoms with van der Waals surface area (Å²) in [5.74, 6) is -2.12. The van der Waals surface area contributed by atoms with Crippen LogP contribution in [0.4, 0.5) is 0 Å². The topological polar surface area (TPSA) is 86.6 Å². The van der Waals surface area contributed by atoms with Crippen molar-refractivity contribution in [2.45, 2.75) is 51.2 Å². The number of rotatable bonds is 7. The maximum Gasteiger partial charge on any atom is 0.309 e. The lowest BCUT2D eigenvalue weighted by atomic mass is 9.91. The Hall–Kier alpha value is -1.59. The van der Waals surface area contributed by atoms with Crippen LogP contribution in [0.25, 0.3) is 0 Å². The standard InChI is InChI=1S/C17H22ClNO4/c1-2-15(20)13(17(22)23)8-10-6-7-11(9-14(10)18)16(21)19-12-4-3-5-12/h6-7,9,12-13,15,20H,2-5,8H2,1H3,(H,19,21)(H,22,23). The number of aliphatic hydroxyl groups is 1. The molecule has 3 N–H and O–H groups in total. The average molecular weight is 340 g/mol. The fourth-order valence-electron chi connectivity index (χ4n) is 2.58. The summed E-state index contributed by atoms with van der Waals surface area (Å²) < 4.78 is 0. The number of aliphatic carboxylic acids is 1. The zero-order valence-corrected chi connectivity index (χ0v) is 13.8. The molecular weight excluding hydrogens is 318 g/mol. The molecule has 126 valence electrons. The molecule has 2 unspecified atom stereocenters. The third kappa shape index (κ3) is 4.45. The molecule has 0 radical (unpaired) electrons. The summed E-state index contributed by atoms with van der Waals surface area (Å²) in [5, 5.41) is 22.3. The minimum Gasteiger partial charge on any atom is -0.481 e. The highest BCUT2D eigenvalue weighted by Gasteiger charge is 2.26. The predicted octanol–water partition coefficient (Wildman–Crippen LogP) is 2.64. The minimum absolute atomic E-state index is 0.133. The first-order valence-corrected chi connectivity index (χ1v) is 8.30. The lowest BCUT2D eigenvalue weighted by molar-refractivity contribution is -0.145. The molecular formula is C17H22ClNO4. The van der Waals surface area contributed by atoms with Crippen LogP contribution in [-0.4, -0.2) is 34.2 Å². The van der Waals surface area contributed by atoms with Gasteiger partial charge in [0.2, 0.25) is 0 Å². The second kappa shape index (κ2) is 7.79. The Kier molecular flexibility index (Phi) is 6.02. The number of nitrogens with one attached hydrogen (secondary N) is 1. The van der Waals surface area contributed by atoms with Gasteiger partial charge in [-0.1, -0.05) is 24.6 Å². The van der Waals surface area contributed by atoms with Gasteiger partial charge in [0.05, 0.1) is 12.0 Å². The van der Waals surface area contributed by atoms with E-state index < -0.39 is 18.0 Å². The van der Waals surface area contributed by atoms with E-state index in [0.29, 0.717) is 22.6 Å². The van der Waals surface area contributed by atoms with Crippen molar-refractivity contribution in [3.63, 3.8) is 0 Å². The largest absolute Gasteiger partial charge is 0.481 e. The zero-order valence-electron chi connectivity index (χ0n) is 13.1. The van der Waals surface area contributed by atoms with E-state index in [1.807, 2.05) is 0 Å². The molecule has 1 aliphatic carbocycles. The number of hydrogen-bond acceptors (Lipinski definition) is 3. The number of aliphatic hydroxyl groups excluding tert-OH is 1. The van der Waals surface area contributed by atoms with Gasteiger partial charge < -0.3 is 15.5 Å². The first-order valence-electron chi connectivity index (χ1n) is 7.92. The molecule has 1 fully saturated rings. The number of halogens is 1. The quantitative estimate of drug-likeness (QED) is 0.712. The Balaban J connectivity index is 2.08. The highest BCUT2D eigenvalue weighted by molar-refractivity contribution is 6.31. The Morgan fingerprint density at radius 2 is 2.09 bits per heavy atom. The summed E-state index contributed by atoms with van der Waals surface area (Å²) in [5.41, 5.74) is 1.08. The molecule has 2 atom stereocenters. The van der Waals surface area contributed by atoms with Crippen LogP contribution in [0.2, 0.25) is 5.02 Å². The summed E-state index contributed by atoms with van der Waals surface area (Å²) in [6.45, 7) is 1.73. The van der Waals surface area contributed by atoms with E-state index in [1.165, 1.54) is 0 Å². The van der Waals surface area contributed by atoms with Gasteiger partial charge in [-0.15, -0.1) is 0 Å². The molecule has 1 aromatic rings. The van der Waals surface area contributed by atoms with E-state index in [9.17, 15) is 19.8 Å². The van der Waals surface area contributed by atoms with Gasteiger partial charge >= 0.3 is 5.97 Å². The lowest BCUT2D eigenvalue weighted by Crippen LogP contribution is -2.39. The SMILES string of the molecule is CCC(O)C(Cc1ccc(C(=O)NC2CCC2)cc1Cl)C(=O)O. The molecule has 1 aromatic carbocycles. The molecule has 1 saturated carbocycles. The summed E-state index contributed by atoms with van der Waals surface area (Å²) in [4.78, 5) is 23.4. The first-order chi connectivity index (χ1) is 10.9. The van der Waals surface area contributed by atoms with Crippen LogP contribution in [0.3, 0.4) is 0 Å². The van der Waals surface area contributed by atoms with Gasteiger partial charge in [-0.25, -0.2) is 0 Å². The van der Waals surface area contributed by atoms with Crippen LogP contribution in [0, 0.1) is 5.92 Å². The Morgan fingerprint density at radius 3 is 2.57 bits per heavy atom. The van der Waals surface area contributed by atoms with Crippen molar-refractivity contribution in [2.75, 3.05) is 0 Å². The molecule has 0 aliphatic heterocycles. The number of hydrogen-bond donors (Lipinski definition) is 3. The van der Waals surface area contributed by atoms with Gasteiger partial charge in [0.15, 0.2) is 0 Å². The van der Waals surface area contributed by atoms with Crippen molar-refractivity contribution in [3.05, 3.63) is 34.3 Å². The maximum atomic E-state index is 12.1. The van der Waals surface area contributed by atoms with Crippen molar-refractivity contribution in [2.24, 2.45) is 5.92 Å². The van der Waals surface area contributed by atoms with E-state index in [4.69, 9.17) is 11.6 Å². The van der Waals surface area contributed by atoms with Crippen LogP contribution in [0.15, 0.2) is 18.2 Å². The first kappa shape index (κ1) is 17.8. The van der Waals surface area contributed by atoms with Gasteiger partial charge in [0, 0.05) is 16.6 Å². The molecule has 1 amide bonds. The smallest absolute Gasteiger partial charge is 0.309 e. The molecule has 2 rings (SSSR count). The molecule has 0 saturated heterocycles. The van der Waals surface area contributed by atoms with Crippen LogP contribution in [0.5, 0.6) is 0 Å². The fourth-order valence-corrected chi connectivity index (χ4v) is 2.84. The minimum atomic E-state index is -1.05. The van der Waals surface area contributed by atoms with Crippen LogP contribution in [0.1, 0.15) is 48.5 Å². The third-order valence-corrected chi connectivity index (χ3v) is 4.75. The summed E-state index contributed by atoms with van der Waals surface area (Å²) in [6, 6.07) is 5.11. The summed E-state index contributed by atoms with van der Waals surface area (Å²) in [7, 11) is 0. The van der Waals surface area contributed by atoms with Gasteiger partial charge in [-0.3, -0.25) is 9.59 Å². The lowest BCUT2D eigenvalue weighted by Gasteiger charge is -2.26. The maximum absolute atomic E-state index is 12.1. The second-order valence-electron chi connectivity index (χ2n) is 6.03. The van der Waals surface area contributed by atoms with Crippen LogP contribution < -0.4 is 5.32 Å². The van der Waals surface area contributed by atoms with Crippen LogP contribution in [-0.2, 0) is 11.2 Å². The molecule has 6 heteroatoms. The van der Waals surface area contributed by atoms with Gasteiger partial charge in [-0.2, -0.15) is 0 Å². The monoisotopic (exact) mass is 339 g/mol. The zero-order chi connectivity index (χ0) is 17.0. The van der Waals surface area contributed by atoms with Crippen LogP contribution >= 0.6 is 11.6 Å². The van der Waals surface area contributed by atoms with E-state index in [2.05, 4.69) is 5.32 Å². The molecule has 0 aromatic heterocycles. The predicted molar refractivity (Wildman–Crippen MR) is 87.7 cm³/mol. The van der Waals surface area contributed by atoms with E-state index in [-0.39, 0.29) is 18.4 Å². The molecule has 5 nitrogen and oxygen atoms in total. The Morgan fingerprint density at radius 1 is 1.39 bits per heavy atom. The normalized spacial score (nSPS) is 17.2.